The summed E-state index contributed by atoms with van der Waals surface area (Å²) in [6, 6.07) is 7.73. The molecule has 3 heterocycles. The molecule has 1 spiro atoms. The van der Waals surface area contributed by atoms with Crippen LogP contribution in [-0.2, 0) is 16.1 Å². The molecule has 8 nitrogen and oxygen atoms in total. The van der Waals surface area contributed by atoms with Crippen molar-refractivity contribution >= 4 is 11.8 Å². The highest BCUT2D eigenvalue weighted by atomic mass is 16.5. The third-order valence-electron chi connectivity index (χ3n) is 6.17. The van der Waals surface area contributed by atoms with Gasteiger partial charge in [-0.15, -0.1) is 0 Å². The van der Waals surface area contributed by atoms with E-state index >= 15 is 0 Å². The number of para-hydroxylation sites is 1. The molecule has 2 aromatic rings. The SMILES string of the molecule is Cc1nc(C)n(CCC(=O)N[C@@H]2C[C@]3(CCC(=O)N(C)CC3)Oc3ccccc32)n1. The van der Waals surface area contributed by atoms with Crippen molar-refractivity contribution in [1.29, 1.82) is 0 Å². The van der Waals surface area contributed by atoms with Gasteiger partial charge in [0.2, 0.25) is 11.8 Å². The van der Waals surface area contributed by atoms with Crippen LogP contribution in [0.3, 0.4) is 0 Å². The maximum atomic E-state index is 12.8. The van der Waals surface area contributed by atoms with Crippen LogP contribution in [0.4, 0.5) is 0 Å². The number of fused-ring (bicyclic) bond motifs is 1. The Morgan fingerprint density at radius 1 is 1.30 bits per heavy atom. The Labute approximate surface area is 176 Å². The van der Waals surface area contributed by atoms with Gasteiger partial charge in [-0.05, 0) is 26.3 Å². The number of hydrogen-bond donors (Lipinski definition) is 1. The number of carbonyl (C=O) groups excluding carboxylic acids is 2. The smallest absolute Gasteiger partial charge is 0.222 e. The van der Waals surface area contributed by atoms with Crippen LogP contribution in [0, 0.1) is 13.8 Å². The Kier molecular flexibility index (Phi) is 5.49. The lowest BCUT2D eigenvalue weighted by molar-refractivity contribution is -0.129. The quantitative estimate of drug-likeness (QED) is 0.834. The minimum atomic E-state index is -0.438. The molecule has 0 aliphatic carbocycles. The first-order valence-corrected chi connectivity index (χ1v) is 10.5. The maximum absolute atomic E-state index is 12.8. The number of carbonyl (C=O) groups is 2. The number of aryl methyl sites for hydroxylation is 3. The molecule has 1 saturated heterocycles. The molecule has 30 heavy (non-hydrogen) atoms. The lowest BCUT2D eigenvalue weighted by atomic mass is 9.82. The molecule has 2 amide bonds. The van der Waals surface area contributed by atoms with Crippen molar-refractivity contribution < 1.29 is 14.3 Å². The van der Waals surface area contributed by atoms with Crippen LogP contribution < -0.4 is 10.1 Å². The Morgan fingerprint density at radius 3 is 2.87 bits per heavy atom. The van der Waals surface area contributed by atoms with Gasteiger partial charge in [0.05, 0.1) is 12.6 Å². The number of rotatable bonds is 4. The van der Waals surface area contributed by atoms with Gasteiger partial charge >= 0.3 is 0 Å². The van der Waals surface area contributed by atoms with E-state index < -0.39 is 5.60 Å². The van der Waals surface area contributed by atoms with Crippen LogP contribution in [0.2, 0.25) is 0 Å². The number of ether oxygens (including phenoxy) is 1. The summed E-state index contributed by atoms with van der Waals surface area (Å²) < 4.78 is 8.21. The van der Waals surface area contributed by atoms with Gasteiger partial charge in [-0.2, -0.15) is 5.10 Å². The molecule has 0 saturated carbocycles. The number of benzene rings is 1. The van der Waals surface area contributed by atoms with E-state index in [1.165, 1.54) is 0 Å². The molecule has 2 atom stereocenters. The number of aromatic nitrogens is 3. The predicted molar refractivity (Wildman–Crippen MR) is 111 cm³/mol. The number of nitrogens with zero attached hydrogens (tertiary/aromatic N) is 4. The van der Waals surface area contributed by atoms with E-state index in [-0.39, 0.29) is 17.9 Å². The van der Waals surface area contributed by atoms with Gasteiger partial charge in [-0.25, -0.2) is 9.67 Å². The van der Waals surface area contributed by atoms with Gasteiger partial charge in [-0.3, -0.25) is 9.59 Å². The van der Waals surface area contributed by atoms with Crippen molar-refractivity contribution in [2.24, 2.45) is 0 Å². The zero-order chi connectivity index (χ0) is 21.3. The zero-order valence-electron chi connectivity index (χ0n) is 17.9. The van der Waals surface area contributed by atoms with Crippen molar-refractivity contribution in [3.05, 3.63) is 41.5 Å². The molecule has 160 valence electrons. The standard InChI is InChI=1S/C22H29N5O3/c1-15-23-16(2)27(25-15)12-9-20(28)24-18-14-22(10-8-21(29)26(3)13-11-22)30-19-7-5-4-6-17(18)19/h4-7,18H,8-14H2,1-3H3,(H,24,28)/t18-,22-/m1/s1. The zero-order valence-corrected chi connectivity index (χ0v) is 17.9. The van der Waals surface area contributed by atoms with Gasteiger partial charge in [-0.1, -0.05) is 18.2 Å². The average molecular weight is 412 g/mol. The third kappa shape index (κ3) is 4.17. The summed E-state index contributed by atoms with van der Waals surface area (Å²) in [7, 11) is 1.84. The summed E-state index contributed by atoms with van der Waals surface area (Å²) in [5.41, 5.74) is 0.556. The minimum absolute atomic E-state index is 0.0266. The van der Waals surface area contributed by atoms with Crippen LogP contribution in [0.15, 0.2) is 24.3 Å². The molecule has 1 fully saturated rings. The topological polar surface area (TPSA) is 89.4 Å². The van der Waals surface area contributed by atoms with E-state index in [0.29, 0.717) is 44.6 Å². The van der Waals surface area contributed by atoms with Crippen molar-refractivity contribution in [3.8, 4) is 5.75 Å². The van der Waals surface area contributed by atoms with Crippen molar-refractivity contribution in [1.82, 2.24) is 25.0 Å². The number of amides is 2. The fourth-order valence-electron chi connectivity index (χ4n) is 4.45. The van der Waals surface area contributed by atoms with Gasteiger partial charge in [0.15, 0.2) is 0 Å². The molecule has 0 unspecified atom stereocenters. The molecular formula is C22H29N5O3. The summed E-state index contributed by atoms with van der Waals surface area (Å²) in [5.74, 6) is 2.44. The summed E-state index contributed by atoms with van der Waals surface area (Å²) in [4.78, 5) is 31.0. The van der Waals surface area contributed by atoms with Crippen LogP contribution in [0.5, 0.6) is 5.75 Å². The van der Waals surface area contributed by atoms with Crippen molar-refractivity contribution in [3.63, 3.8) is 0 Å². The van der Waals surface area contributed by atoms with E-state index in [0.717, 1.165) is 23.6 Å². The van der Waals surface area contributed by atoms with Gasteiger partial charge in [0.25, 0.3) is 0 Å². The normalized spacial score (nSPS) is 23.6. The van der Waals surface area contributed by atoms with E-state index in [9.17, 15) is 9.59 Å². The Bertz CT molecular complexity index is 956. The van der Waals surface area contributed by atoms with Crippen molar-refractivity contribution in [2.75, 3.05) is 13.6 Å². The number of likely N-dealkylation sites (tertiary alicyclic amines) is 1. The molecule has 0 bridgehead atoms. The minimum Gasteiger partial charge on any atom is -0.487 e. The second-order valence-electron chi connectivity index (χ2n) is 8.39. The summed E-state index contributed by atoms with van der Waals surface area (Å²) >= 11 is 0. The Balaban J connectivity index is 1.49. The van der Waals surface area contributed by atoms with Gasteiger partial charge in [0, 0.05) is 44.8 Å². The van der Waals surface area contributed by atoms with E-state index in [1.54, 1.807) is 9.58 Å². The van der Waals surface area contributed by atoms with Crippen LogP contribution in [0.1, 0.15) is 55.4 Å². The molecule has 1 N–H and O–H groups in total. The Hall–Kier alpha value is -2.90. The molecule has 1 aromatic carbocycles. The summed E-state index contributed by atoms with van der Waals surface area (Å²) in [6.07, 6.45) is 2.88. The first kappa shape index (κ1) is 20.4. The van der Waals surface area contributed by atoms with Crippen molar-refractivity contribution in [2.45, 2.75) is 64.1 Å². The van der Waals surface area contributed by atoms with Crippen LogP contribution in [0.25, 0.3) is 0 Å². The molecule has 2 aliphatic heterocycles. The van der Waals surface area contributed by atoms with E-state index in [4.69, 9.17) is 4.74 Å². The monoisotopic (exact) mass is 411 g/mol. The molecule has 1 aromatic heterocycles. The van der Waals surface area contributed by atoms with Gasteiger partial charge < -0.3 is 15.0 Å². The maximum Gasteiger partial charge on any atom is 0.222 e. The summed E-state index contributed by atoms with van der Waals surface area (Å²) in [5, 5.41) is 7.53. The Morgan fingerprint density at radius 2 is 2.10 bits per heavy atom. The highest BCUT2D eigenvalue weighted by molar-refractivity contribution is 5.77. The highest BCUT2D eigenvalue weighted by Crippen LogP contribution is 2.44. The molecular weight excluding hydrogens is 382 g/mol. The largest absolute Gasteiger partial charge is 0.487 e. The van der Waals surface area contributed by atoms with E-state index in [2.05, 4.69) is 15.4 Å². The fraction of sp³-hybridized carbons (Fsp3) is 0.545. The molecule has 8 heteroatoms. The highest BCUT2D eigenvalue weighted by Gasteiger charge is 2.43. The predicted octanol–water partition coefficient (Wildman–Crippen LogP) is 2.31. The van der Waals surface area contributed by atoms with Crippen LogP contribution >= 0.6 is 0 Å². The average Bonchev–Trinajstić information content (AvgIpc) is 2.99. The first-order valence-electron chi connectivity index (χ1n) is 10.5. The third-order valence-corrected chi connectivity index (χ3v) is 6.17. The number of nitrogens with one attached hydrogen (secondary N) is 1. The molecule has 2 aliphatic rings. The van der Waals surface area contributed by atoms with E-state index in [1.807, 2.05) is 45.2 Å². The number of hydrogen-bond acceptors (Lipinski definition) is 5. The first-order chi connectivity index (χ1) is 14.3. The molecule has 0 radical (unpaired) electrons. The lowest BCUT2D eigenvalue weighted by Gasteiger charge is -2.42. The lowest BCUT2D eigenvalue weighted by Crippen LogP contribution is -2.46. The second-order valence-corrected chi connectivity index (χ2v) is 8.39. The summed E-state index contributed by atoms with van der Waals surface area (Å²) in [6.45, 7) is 4.89. The molecule has 4 rings (SSSR count). The van der Waals surface area contributed by atoms with Crippen LogP contribution in [-0.4, -0.2) is 50.7 Å². The van der Waals surface area contributed by atoms with Gasteiger partial charge in [0.1, 0.15) is 23.0 Å². The fourth-order valence-corrected chi connectivity index (χ4v) is 4.45. The second kappa shape index (κ2) is 8.08.